The molecule has 3 rings (SSSR count). The summed E-state index contributed by atoms with van der Waals surface area (Å²) >= 11 is 0. The molecule has 1 unspecified atom stereocenters. The second-order valence-electron chi connectivity index (χ2n) is 8.13. The first-order chi connectivity index (χ1) is 15.5. The van der Waals surface area contributed by atoms with Gasteiger partial charge in [-0.1, -0.05) is 44.2 Å². The van der Waals surface area contributed by atoms with Crippen LogP contribution in [0, 0.1) is 17.2 Å². The molecule has 7 heteroatoms. The van der Waals surface area contributed by atoms with Crippen molar-refractivity contribution in [1.29, 1.82) is 5.26 Å². The molecule has 0 N–H and O–H groups in total. The van der Waals surface area contributed by atoms with Gasteiger partial charge in [0.05, 0.1) is 20.3 Å². The van der Waals surface area contributed by atoms with Crippen LogP contribution in [-0.4, -0.2) is 62.1 Å². The Morgan fingerprint density at radius 3 is 2.12 bits per heavy atom. The predicted molar refractivity (Wildman–Crippen MR) is 122 cm³/mol. The molecule has 0 spiro atoms. The van der Waals surface area contributed by atoms with E-state index in [0.29, 0.717) is 55.6 Å². The van der Waals surface area contributed by atoms with Gasteiger partial charge in [0.15, 0.2) is 11.5 Å². The summed E-state index contributed by atoms with van der Waals surface area (Å²) in [6.07, 6.45) is 0. The van der Waals surface area contributed by atoms with Crippen LogP contribution in [0.3, 0.4) is 0 Å². The molecule has 0 aliphatic carbocycles. The molecule has 170 valence electrons. The number of piperazine rings is 1. The lowest BCUT2D eigenvalue weighted by atomic mass is 10.0. The van der Waals surface area contributed by atoms with Crippen molar-refractivity contribution in [3.8, 4) is 23.3 Å². The number of amides is 1. The second-order valence-corrected chi connectivity index (χ2v) is 8.13. The van der Waals surface area contributed by atoms with E-state index >= 15 is 0 Å². The minimum absolute atomic E-state index is 0.0890. The Morgan fingerprint density at radius 1 is 1.03 bits per heavy atom. The maximum atomic E-state index is 13.2. The average molecular weight is 438 g/mol. The van der Waals surface area contributed by atoms with Gasteiger partial charge in [-0.15, -0.1) is 0 Å². The van der Waals surface area contributed by atoms with Crippen molar-refractivity contribution in [2.24, 2.45) is 5.92 Å². The van der Waals surface area contributed by atoms with Crippen molar-refractivity contribution in [2.45, 2.75) is 26.5 Å². The molecule has 1 fully saturated rings. The number of carbonyl (C=O) groups is 1. The van der Waals surface area contributed by atoms with Gasteiger partial charge in [0.1, 0.15) is 12.6 Å². The number of rotatable bonds is 8. The summed E-state index contributed by atoms with van der Waals surface area (Å²) in [4.78, 5) is 17.2. The highest BCUT2D eigenvalue weighted by Gasteiger charge is 2.29. The topological polar surface area (TPSA) is 75.0 Å². The maximum absolute atomic E-state index is 13.2. The summed E-state index contributed by atoms with van der Waals surface area (Å²) in [6, 6.07) is 15.5. The number of ether oxygens (including phenoxy) is 3. The fraction of sp³-hybridized carbons (Fsp3) is 0.440. The van der Waals surface area contributed by atoms with E-state index in [1.165, 1.54) is 0 Å². The Bertz CT molecular complexity index is 922. The fourth-order valence-electron chi connectivity index (χ4n) is 3.91. The van der Waals surface area contributed by atoms with Crippen LogP contribution in [0.2, 0.25) is 0 Å². The SMILES string of the molecule is COc1cc(C(=O)N2CCN(C(C#N)C(C)C)CC2)cc(OC)c1OCc1ccccc1. The maximum Gasteiger partial charge on any atom is 0.254 e. The highest BCUT2D eigenvalue weighted by atomic mass is 16.5. The molecule has 0 bridgehead atoms. The molecule has 32 heavy (non-hydrogen) atoms. The van der Waals surface area contributed by atoms with Crippen molar-refractivity contribution >= 4 is 5.91 Å². The van der Waals surface area contributed by atoms with Crippen LogP contribution in [-0.2, 0) is 6.61 Å². The van der Waals surface area contributed by atoms with E-state index < -0.39 is 0 Å². The van der Waals surface area contributed by atoms with E-state index in [9.17, 15) is 10.1 Å². The van der Waals surface area contributed by atoms with E-state index in [-0.39, 0.29) is 17.9 Å². The molecule has 7 nitrogen and oxygen atoms in total. The third-order valence-corrected chi connectivity index (χ3v) is 5.69. The standard InChI is InChI=1S/C25H31N3O4/c1-18(2)21(16-26)27-10-12-28(13-11-27)25(29)20-14-22(30-3)24(23(15-20)31-4)32-17-19-8-6-5-7-9-19/h5-9,14-15,18,21H,10-13,17H2,1-4H3. The molecule has 1 atom stereocenters. The third kappa shape index (κ3) is 5.32. The van der Waals surface area contributed by atoms with Gasteiger partial charge < -0.3 is 19.1 Å². The molecule has 0 saturated carbocycles. The van der Waals surface area contributed by atoms with Crippen LogP contribution in [0.5, 0.6) is 17.2 Å². The molecular weight excluding hydrogens is 406 g/mol. The van der Waals surface area contributed by atoms with Crippen LogP contribution < -0.4 is 14.2 Å². The van der Waals surface area contributed by atoms with Crippen molar-refractivity contribution in [3.05, 3.63) is 53.6 Å². The van der Waals surface area contributed by atoms with Crippen molar-refractivity contribution < 1.29 is 19.0 Å². The molecule has 1 heterocycles. The Morgan fingerprint density at radius 2 is 1.62 bits per heavy atom. The summed E-state index contributed by atoms with van der Waals surface area (Å²) < 4.78 is 17.0. The lowest BCUT2D eigenvalue weighted by Gasteiger charge is -2.38. The Hall–Kier alpha value is -3.24. The van der Waals surface area contributed by atoms with Gasteiger partial charge in [-0.05, 0) is 23.6 Å². The normalized spacial score (nSPS) is 15.2. The van der Waals surface area contributed by atoms with Crippen LogP contribution in [0.4, 0.5) is 0 Å². The fourth-order valence-corrected chi connectivity index (χ4v) is 3.91. The van der Waals surface area contributed by atoms with Gasteiger partial charge in [0.2, 0.25) is 5.75 Å². The van der Waals surface area contributed by atoms with Crippen molar-refractivity contribution in [3.63, 3.8) is 0 Å². The molecule has 1 aliphatic heterocycles. The molecule has 1 aliphatic rings. The van der Waals surface area contributed by atoms with Gasteiger partial charge in [0, 0.05) is 31.7 Å². The molecule has 1 saturated heterocycles. The lowest BCUT2D eigenvalue weighted by molar-refractivity contribution is 0.0576. The average Bonchev–Trinajstić information content (AvgIpc) is 2.83. The van der Waals surface area contributed by atoms with Crippen molar-refractivity contribution in [1.82, 2.24) is 9.80 Å². The summed E-state index contributed by atoms with van der Waals surface area (Å²) in [6.45, 7) is 6.94. The second kappa shape index (κ2) is 10.9. The quantitative estimate of drug-likeness (QED) is 0.628. The molecular formula is C25H31N3O4. The first-order valence-corrected chi connectivity index (χ1v) is 10.8. The number of methoxy groups -OCH3 is 2. The molecule has 2 aromatic rings. The summed E-state index contributed by atoms with van der Waals surface area (Å²) in [5.74, 6) is 1.53. The predicted octanol–water partition coefficient (Wildman–Crippen LogP) is 3.59. The number of hydrogen-bond donors (Lipinski definition) is 0. The molecule has 1 amide bonds. The zero-order valence-corrected chi connectivity index (χ0v) is 19.2. The van der Waals surface area contributed by atoms with Crippen LogP contribution in [0.15, 0.2) is 42.5 Å². The Kier molecular flexibility index (Phi) is 7.96. The number of nitrogens with zero attached hydrogens (tertiary/aromatic N) is 3. The monoisotopic (exact) mass is 437 g/mol. The van der Waals surface area contributed by atoms with Crippen LogP contribution in [0.25, 0.3) is 0 Å². The number of hydrogen-bond acceptors (Lipinski definition) is 6. The molecule has 0 aromatic heterocycles. The van der Waals surface area contributed by atoms with E-state index in [4.69, 9.17) is 14.2 Å². The van der Waals surface area contributed by atoms with E-state index in [1.54, 1.807) is 26.4 Å². The first kappa shape index (κ1) is 23.4. The van der Waals surface area contributed by atoms with Gasteiger partial charge in [-0.2, -0.15) is 5.26 Å². The van der Waals surface area contributed by atoms with Gasteiger partial charge >= 0.3 is 0 Å². The smallest absolute Gasteiger partial charge is 0.254 e. The van der Waals surface area contributed by atoms with E-state index in [0.717, 1.165) is 5.56 Å². The Labute approximate surface area is 190 Å². The highest BCUT2D eigenvalue weighted by molar-refractivity contribution is 5.95. The molecule has 2 aromatic carbocycles. The van der Waals surface area contributed by atoms with Gasteiger partial charge in [-0.25, -0.2) is 0 Å². The largest absolute Gasteiger partial charge is 0.493 e. The zero-order chi connectivity index (χ0) is 23.1. The third-order valence-electron chi connectivity index (χ3n) is 5.69. The minimum Gasteiger partial charge on any atom is -0.493 e. The van der Waals surface area contributed by atoms with E-state index in [1.807, 2.05) is 49.1 Å². The summed E-state index contributed by atoms with van der Waals surface area (Å²) in [7, 11) is 3.09. The van der Waals surface area contributed by atoms with Crippen LogP contribution in [0.1, 0.15) is 29.8 Å². The van der Waals surface area contributed by atoms with E-state index in [2.05, 4.69) is 11.0 Å². The number of nitriles is 1. The number of benzene rings is 2. The summed E-state index contributed by atoms with van der Waals surface area (Å²) in [5, 5.41) is 9.45. The highest BCUT2D eigenvalue weighted by Crippen LogP contribution is 2.39. The molecule has 0 radical (unpaired) electrons. The summed E-state index contributed by atoms with van der Waals surface area (Å²) in [5.41, 5.74) is 1.51. The minimum atomic E-state index is -0.131. The zero-order valence-electron chi connectivity index (χ0n) is 19.2. The van der Waals surface area contributed by atoms with Gasteiger partial charge in [-0.3, -0.25) is 9.69 Å². The van der Waals surface area contributed by atoms with Crippen molar-refractivity contribution in [2.75, 3.05) is 40.4 Å². The van der Waals surface area contributed by atoms with Gasteiger partial charge in [0.25, 0.3) is 5.91 Å². The lowest BCUT2D eigenvalue weighted by Crippen LogP contribution is -2.52. The van der Waals surface area contributed by atoms with Crippen LogP contribution >= 0.6 is 0 Å². The number of carbonyl (C=O) groups excluding carboxylic acids is 1. The Balaban J connectivity index is 1.74. The first-order valence-electron chi connectivity index (χ1n) is 10.8.